The number of carbonyl (C=O) groups is 1. The Balaban J connectivity index is 1.40. The van der Waals surface area contributed by atoms with Crippen LogP contribution in [-0.2, 0) is 11.2 Å². The highest BCUT2D eigenvalue weighted by molar-refractivity contribution is 5.80. The lowest BCUT2D eigenvalue weighted by Crippen LogP contribution is -2.54. The second-order valence-corrected chi connectivity index (χ2v) is 12.1. The molecule has 178 valence electrons. The first-order valence-electron chi connectivity index (χ1n) is 13.6. The van der Waals surface area contributed by atoms with Crippen molar-refractivity contribution < 1.29 is 4.79 Å². The molecule has 1 unspecified atom stereocenters. The molecule has 2 saturated carbocycles. The minimum Gasteiger partial charge on any atom is -0.308 e. The predicted molar refractivity (Wildman–Crippen MR) is 138 cm³/mol. The standard InChI is InChI=1S/C32H39NO/c1-31-19-9-14-26(31)25-15-16-29-32(2,27(25)17-20-31)21-18-30(34)33(29)28(24-12-7-4-8-13-24)22-23-10-5-3-6-11-23/h3-8,10-13,16,25-28H,9,14-15,17-22H2,1-2H3/t25-,26-,27-,28?,31-,32+/m0/s1. The number of allylic oxidation sites excluding steroid dienone is 2. The first-order chi connectivity index (χ1) is 16.5. The van der Waals surface area contributed by atoms with Crippen LogP contribution in [0, 0.1) is 28.6 Å². The Morgan fingerprint density at radius 3 is 2.41 bits per heavy atom. The van der Waals surface area contributed by atoms with E-state index in [2.05, 4.69) is 85.5 Å². The third-order valence-corrected chi connectivity index (χ3v) is 10.4. The maximum Gasteiger partial charge on any atom is 0.227 e. The lowest BCUT2D eigenvalue weighted by atomic mass is 9.50. The number of nitrogens with zero attached hydrogens (tertiary/aromatic N) is 1. The monoisotopic (exact) mass is 453 g/mol. The van der Waals surface area contributed by atoms with E-state index < -0.39 is 0 Å². The molecule has 0 N–H and O–H groups in total. The molecule has 2 heteroatoms. The molecule has 0 aromatic heterocycles. The molecular formula is C32H39NO. The zero-order valence-corrected chi connectivity index (χ0v) is 20.9. The van der Waals surface area contributed by atoms with Crippen LogP contribution in [-0.4, -0.2) is 10.8 Å². The molecule has 1 amide bonds. The highest BCUT2D eigenvalue weighted by Gasteiger charge is 2.57. The van der Waals surface area contributed by atoms with Gasteiger partial charge in [-0.3, -0.25) is 4.79 Å². The summed E-state index contributed by atoms with van der Waals surface area (Å²) >= 11 is 0. The number of piperidine rings is 1. The number of hydrogen-bond acceptors (Lipinski definition) is 1. The largest absolute Gasteiger partial charge is 0.308 e. The van der Waals surface area contributed by atoms with E-state index in [0.29, 0.717) is 23.7 Å². The molecule has 6 atom stereocenters. The SMILES string of the molecule is C[C@@]12CCC[C@H]1[C@@H]1CC=C3N(C(Cc4ccccc4)c4ccccc4)C(=O)CC[C@]3(C)[C@H]1CC2. The summed E-state index contributed by atoms with van der Waals surface area (Å²) in [6, 6.07) is 21.5. The van der Waals surface area contributed by atoms with Crippen LogP contribution in [0.1, 0.15) is 82.4 Å². The summed E-state index contributed by atoms with van der Waals surface area (Å²) in [6.07, 6.45) is 13.2. The average Bonchev–Trinajstić information content (AvgIpc) is 3.26. The molecule has 6 rings (SSSR count). The quantitative estimate of drug-likeness (QED) is 0.464. The van der Waals surface area contributed by atoms with E-state index >= 15 is 0 Å². The molecule has 2 nitrogen and oxygen atoms in total. The topological polar surface area (TPSA) is 20.3 Å². The van der Waals surface area contributed by atoms with Crippen molar-refractivity contribution in [2.75, 3.05) is 0 Å². The van der Waals surface area contributed by atoms with Gasteiger partial charge in [0.15, 0.2) is 0 Å². The average molecular weight is 454 g/mol. The van der Waals surface area contributed by atoms with Crippen LogP contribution in [0.5, 0.6) is 0 Å². The maximum atomic E-state index is 13.7. The molecule has 2 aromatic rings. The van der Waals surface area contributed by atoms with E-state index in [9.17, 15) is 4.79 Å². The van der Waals surface area contributed by atoms with Gasteiger partial charge in [-0.25, -0.2) is 0 Å². The molecule has 3 fully saturated rings. The van der Waals surface area contributed by atoms with Crippen LogP contribution in [0.3, 0.4) is 0 Å². The molecule has 3 aliphatic carbocycles. The normalized spacial score (nSPS) is 35.7. The van der Waals surface area contributed by atoms with Gasteiger partial charge in [-0.05, 0) is 79.2 Å². The molecule has 2 aromatic carbocycles. The van der Waals surface area contributed by atoms with Crippen molar-refractivity contribution in [1.82, 2.24) is 4.90 Å². The second-order valence-electron chi connectivity index (χ2n) is 12.1. The minimum atomic E-state index is 0.0545. The summed E-state index contributed by atoms with van der Waals surface area (Å²) in [4.78, 5) is 15.9. The second kappa shape index (κ2) is 8.40. The number of likely N-dealkylation sites (tertiary alicyclic amines) is 1. The van der Waals surface area contributed by atoms with Gasteiger partial charge in [-0.2, -0.15) is 0 Å². The first-order valence-corrected chi connectivity index (χ1v) is 13.6. The fraction of sp³-hybridized carbons (Fsp3) is 0.531. The van der Waals surface area contributed by atoms with Crippen LogP contribution >= 0.6 is 0 Å². The van der Waals surface area contributed by atoms with E-state index in [4.69, 9.17) is 0 Å². The van der Waals surface area contributed by atoms with Gasteiger partial charge in [0, 0.05) is 17.5 Å². The lowest BCUT2D eigenvalue weighted by molar-refractivity contribution is -0.140. The summed E-state index contributed by atoms with van der Waals surface area (Å²) in [5, 5.41) is 0. The van der Waals surface area contributed by atoms with E-state index in [0.717, 1.165) is 31.1 Å². The van der Waals surface area contributed by atoms with Crippen molar-refractivity contribution in [2.24, 2.45) is 28.6 Å². The van der Waals surface area contributed by atoms with Crippen LogP contribution in [0.4, 0.5) is 0 Å². The Labute approximate surface area is 205 Å². The number of benzene rings is 2. The minimum absolute atomic E-state index is 0.0545. The molecule has 0 radical (unpaired) electrons. The van der Waals surface area contributed by atoms with Crippen molar-refractivity contribution in [3.63, 3.8) is 0 Å². The van der Waals surface area contributed by atoms with Crippen molar-refractivity contribution >= 4 is 5.91 Å². The number of hydrogen-bond donors (Lipinski definition) is 0. The van der Waals surface area contributed by atoms with Crippen LogP contribution in [0.15, 0.2) is 72.4 Å². The Morgan fingerprint density at radius 2 is 1.65 bits per heavy atom. The van der Waals surface area contributed by atoms with Crippen LogP contribution in [0.2, 0.25) is 0 Å². The fourth-order valence-corrected chi connectivity index (χ4v) is 8.59. The zero-order chi connectivity index (χ0) is 23.3. The molecule has 1 heterocycles. The Morgan fingerprint density at radius 1 is 0.912 bits per heavy atom. The van der Waals surface area contributed by atoms with Gasteiger partial charge in [-0.1, -0.05) is 87.0 Å². The summed E-state index contributed by atoms with van der Waals surface area (Å²) in [5.41, 5.74) is 4.57. The van der Waals surface area contributed by atoms with Crippen LogP contribution < -0.4 is 0 Å². The summed E-state index contributed by atoms with van der Waals surface area (Å²) in [5.74, 6) is 2.71. The van der Waals surface area contributed by atoms with Gasteiger partial charge in [0.2, 0.25) is 5.91 Å². The smallest absolute Gasteiger partial charge is 0.227 e. The highest BCUT2D eigenvalue weighted by Crippen LogP contribution is 2.65. The lowest BCUT2D eigenvalue weighted by Gasteiger charge is -2.59. The van der Waals surface area contributed by atoms with E-state index in [1.54, 1.807) is 0 Å². The summed E-state index contributed by atoms with van der Waals surface area (Å²) in [6.45, 7) is 5.09. The fourth-order valence-electron chi connectivity index (χ4n) is 8.59. The third-order valence-electron chi connectivity index (χ3n) is 10.4. The molecule has 4 aliphatic rings. The highest BCUT2D eigenvalue weighted by atomic mass is 16.2. The zero-order valence-electron chi connectivity index (χ0n) is 20.9. The van der Waals surface area contributed by atoms with Gasteiger partial charge in [0.25, 0.3) is 0 Å². The third kappa shape index (κ3) is 3.48. The van der Waals surface area contributed by atoms with Crippen LogP contribution in [0.25, 0.3) is 0 Å². The van der Waals surface area contributed by atoms with E-state index in [1.807, 2.05) is 0 Å². The van der Waals surface area contributed by atoms with Crippen molar-refractivity contribution in [3.05, 3.63) is 83.6 Å². The van der Waals surface area contributed by atoms with Gasteiger partial charge in [0.05, 0.1) is 6.04 Å². The number of amides is 1. The molecule has 1 aliphatic heterocycles. The first kappa shape index (κ1) is 22.1. The Kier molecular flexibility index (Phi) is 5.47. The number of fused-ring (bicyclic) bond motifs is 5. The van der Waals surface area contributed by atoms with Crippen molar-refractivity contribution in [3.8, 4) is 0 Å². The molecular weight excluding hydrogens is 414 g/mol. The van der Waals surface area contributed by atoms with E-state index in [-0.39, 0.29) is 11.5 Å². The predicted octanol–water partition coefficient (Wildman–Crippen LogP) is 7.72. The van der Waals surface area contributed by atoms with Gasteiger partial charge in [-0.15, -0.1) is 0 Å². The molecule has 1 saturated heterocycles. The van der Waals surface area contributed by atoms with Gasteiger partial charge in [0.1, 0.15) is 0 Å². The molecule has 34 heavy (non-hydrogen) atoms. The van der Waals surface area contributed by atoms with E-state index in [1.165, 1.54) is 48.9 Å². The Bertz CT molecular complexity index is 1070. The summed E-state index contributed by atoms with van der Waals surface area (Å²) < 4.78 is 0. The summed E-state index contributed by atoms with van der Waals surface area (Å²) in [7, 11) is 0. The Hall–Kier alpha value is -2.35. The van der Waals surface area contributed by atoms with Crippen molar-refractivity contribution in [1.29, 1.82) is 0 Å². The van der Waals surface area contributed by atoms with Gasteiger partial charge < -0.3 is 4.90 Å². The number of carbonyl (C=O) groups excluding carboxylic acids is 1. The van der Waals surface area contributed by atoms with Gasteiger partial charge >= 0.3 is 0 Å². The molecule has 0 bridgehead atoms. The van der Waals surface area contributed by atoms with Crippen molar-refractivity contribution in [2.45, 2.75) is 77.7 Å². The maximum absolute atomic E-state index is 13.7. The number of rotatable bonds is 4. The molecule has 0 spiro atoms.